The number of hydrogen-bond donors (Lipinski definition) is 3. The Bertz CT molecular complexity index is 1180. The first kappa shape index (κ1) is 20.5. The zero-order valence-electron chi connectivity index (χ0n) is 16.2. The highest BCUT2D eigenvalue weighted by Crippen LogP contribution is 2.29. The number of aromatic amines is 3. The predicted molar refractivity (Wildman–Crippen MR) is 107 cm³/mol. The molecule has 0 aliphatic carbocycles. The van der Waals surface area contributed by atoms with Crippen LogP contribution in [0.15, 0.2) is 47.4 Å². The monoisotopic (exact) mass is 429 g/mol. The second kappa shape index (κ2) is 8.54. The Hall–Kier alpha value is -3.76. The summed E-state index contributed by atoms with van der Waals surface area (Å²) >= 11 is 0. The van der Waals surface area contributed by atoms with Gasteiger partial charge in [-0.15, -0.1) is 10.2 Å². The molecule has 4 aromatic rings. The maximum absolute atomic E-state index is 12.8. The molecule has 1 aromatic carbocycles. The van der Waals surface area contributed by atoms with Crippen LogP contribution in [0, 0.1) is 0 Å². The van der Waals surface area contributed by atoms with Gasteiger partial charge >= 0.3 is 6.18 Å². The van der Waals surface area contributed by atoms with E-state index in [2.05, 4.69) is 35.8 Å². The van der Waals surface area contributed by atoms with E-state index in [-0.39, 0.29) is 23.4 Å². The number of alkyl halides is 3. The second-order valence-corrected chi connectivity index (χ2v) is 7.03. The van der Waals surface area contributed by atoms with E-state index in [9.17, 15) is 18.0 Å². The number of halogens is 3. The average Bonchev–Trinajstić information content (AvgIpc) is 3.44. The number of nitrogens with zero attached hydrogens (tertiary/aromatic N) is 4. The molecule has 0 spiro atoms. The van der Waals surface area contributed by atoms with Gasteiger partial charge in [0.2, 0.25) is 5.82 Å². The van der Waals surface area contributed by atoms with Crippen LogP contribution in [0.25, 0.3) is 33.9 Å². The van der Waals surface area contributed by atoms with Gasteiger partial charge < -0.3 is 4.98 Å². The standard InChI is InChI=1S/C20H18F3N7O/c21-20(22,23)9-2-1-3-12-4-6-13(7-5-12)16-11-14(15-8-10-24-26-15)17(19(31)25-16)18-27-29-30-28-18/h4-8,10-11H,1-3,9H2,(H,24,26)(H,25,31)(H,27,28,29,30). The van der Waals surface area contributed by atoms with E-state index < -0.39 is 12.6 Å². The van der Waals surface area contributed by atoms with Crippen LogP contribution in [0.3, 0.4) is 0 Å². The number of unbranched alkanes of at least 4 members (excludes halogenated alkanes) is 1. The van der Waals surface area contributed by atoms with Crippen molar-refractivity contribution in [1.29, 1.82) is 0 Å². The lowest BCUT2D eigenvalue weighted by molar-refractivity contribution is -0.135. The highest BCUT2D eigenvalue weighted by molar-refractivity contribution is 5.81. The summed E-state index contributed by atoms with van der Waals surface area (Å²) in [4.78, 5) is 15.7. The van der Waals surface area contributed by atoms with E-state index in [1.165, 1.54) is 0 Å². The van der Waals surface area contributed by atoms with Crippen LogP contribution in [0.5, 0.6) is 0 Å². The molecule has 0 atom stereocenters. The molecule has 0 radical (unpaired) electrons. The molecule has 4 rings (SSSR count). The van der Waals surface area contributed by atoms with Crippen LogP contribution in [-0.4, -0.2) is 42.0 Å². The lowest BCUT2D eigenvalue weighted by Crippen LogP contribution is -2.13. The Balaban J connectivity index is 1.59. The highest BCUT2D eigenvalue weighted by Gasteiger charge is 2.25. The molecule has 0 aliphatic rings. The third-order valence-electron chi connectivity index (χ3n) is 4.83. The maximum atomic E-state index is 12.8. The minimum absolute atomic E-state index is 0.101. The fourth-order valence-electron chi connectivity index (χ4n) is 3.33. The van der Waals surface area contributed by atoms with E-state index >= 15 is 0 Å². The van der Waals surface area contributed by atoms with Gasteiger partial charge in [0, 0.05) is 23.9 Å². The van der Waals surface area contributed by atoms with Gasteiger partial charge in [-0.2, -0.15) is 23.5 Å². The molecule has 0 saturated carbocycles. The Morgan fingerprint density at radius 1 is 1.00 bits per heavy atom. The number of benzene rings is 1. The van der Waals surface area contributed by atoms with Crippen LogP contribution in [0.2, 0.25) is 0 Å². The van der Waals surface area contributed by atoms with Crippen LogP contribution >= 0.6 is 0 Å². The van der Waals surface area contributed by atoms with Crippen molar-refractivity contribution in [2.75, 3.05) is 0 Å². The van der Waals surface area contributed by atoms with Gasteiger partial charge in [0.05, 0.1) is 11.3 Å². The fraction of sp³-hybridized carbons (Fsp3) is 0.250. The molecule has 3 aromatic heterocycles. The van der Waals surface area contributed by atoms with Crippen molar-refractivity contribution in [3.8, 4) is 33.9 Å². The number of aryl methyl sites for hydroxylation is 1. The molecule has 0 fully saturated rings. The molecule has 0 saturated heterocycles. The minimum atomic E-state index is -4.12. The molecule has 11 heteroatoms. The Labute approximate surface area is 173 Å². The normalized spacial score (nSPS) is 11.7. The quantitative estimate of drug-likeness (QED) is 0.386. The summed E-state index contributed by atoms with van der Waals surface area (Å²) < 4.78 is 36.8. The molecule has 0 bridgehead atoms. The second-order valence-electron chi connectivity index (χ2n) is 7.03. The molecule has 3 N–H and O–H groups in total. The molecule has 31 heavy (non-hydrogen) atoms. The van der Waals surface area contributed by atoms with Crippen LogP contribution in [0.1, 0.15) is 24.8 Å². The third-order valence-corrected chi connectivity index (χ3v) is 4.83. The van der Waals surface area contributed by atoms with Gasteiger partial charge in [-0.25, -0.2) is 0 Å². The molecule has 8 nitrogen and oxygen atoms in total. The maximum Gasteiger partial charge on any atom is 0.389 e. The average molecular weight is 429 g/mol. The Morgan fingerprint density at radius 3 is 2.45 bits per heavy atom. The molecule has 0 aliphatic heterocycles. The topological polar surface area (TPSA) is 116 Å². The number of hydrogen-bond acceptors (Lipinski definition) is 5. The smallest absolute Gasteiger partial charge is 0.321 e. The Morgan fingerprint density at radius 2 is 1.81 bits per heavy atom. The first-order valence-electron chi connectivity index (χ1n) is 9.58. The van der Waals surface area contributed by atoms with Gasteiger partial charge in [0.25, 0.3) is 5.56 Å². The van der Waals surface area contributed by atoms with Crippen molar-refractivity contribution in [2.45, 2.75) is 31.9 Å². The summed E-state index contributed by atoms with van der Waals surface area (Å²) in [6.45, 7) is 0. The molecular weight excluding hydrogens is 411 g/mol. The molecule has 0 amide bonds. The summed E-state index contributed by atoms with van der Waals surface area (Å²) in [6.07, 6.45) is -2.19. The predicted octanol–water partition coefficient (Wildman–Crippen LogP) is 3.89. The first-order valence-corrected chi connectivity index (χ1v) is 9.58. The highest BCUT2D eigenvalue weighted by atomic mass is 19.4. The number of rotatable bonds is 7. The van der Waals surface area contributed by atoms with Crippen LogP contribution in [0.4, 0.5) is 13.2 Å². The molecule has 0 unspecified atom stereocenters. The van der Waals surface area contributed by atoms with Crippen molar-refractivity contribution >= 4 is 0 Å². The summed E-state index contributed by atoms with van der Waals surface area (Å²) in [5.74, 6) is 0.159. The van der Waals surface area contributed by atoms with Gasteiger partial charge in [-0.3, -0.25) is 9.89 Å². The largest absolute Gasteiger partial charge is 0.389 e. The summed E-state index contributed by atoms with van der Waals surface area (Å²) in [5.41, 5.74) is 3.32. The number of H-pyrrole nitrogens is 3. The molecular formula is C20H18F3N7O. The van der Waals surface area contributed by atoms with Crippen molar-refractivity contribution in [3.63, 3.8) is 0 Å². The van der Waals surface area contributed by atoms with Crippen LogP contribution in [-0.2, 0) is 6.42 Å². The van der Waals surface area contributed by atoms with Crippen molar-refractivity contribution in [1.82, 2.24) is 35.8 Å². The summed E-state index contributed by atoms with van der Waals surface area (Å²) in [6, 6.07) is 10.9. The zero-order valence-corrected chi connectivity index (χ0v) is 16.2. The summed E-state index contributed by atoms with van der Waals surface area (Å²) in [5, 5.41) is 20.5. The first-order chi connectivity index (χ1) is 14.9. The Kier molecular flexibility index (Phi) is 5.65. The van der Waals surface area contributed by atoms with E-state index in [0.717, 1.165) is 11.1 Å². The van der Waals surface area contributed by atoms with E-state index in [4.69, 9.17) is 0 Å². The zero-order chi connectivity index (χ0) is 21.8. The summed E-state index contributed by atoms with van der Waals surface area (Å²) in [7, 11) is 0. The van der Waals surface area contributed by atoms with E-state index in [1.807, 2.05) is 24.3 Å². The minimum Gasteiger partial charge on any atom is -0.321 e. The van der Waals surface area contributed by atoms with Crippen LogP contribution < -0.4 is 5.56 Å². The lowest BCUT2D eigenvalue weighted by Gasteiger charge is -2.09. The van der Waals surface area contributed by atoms with Crippen molar-refractivity contribution in [2.24, 2.45) is 0 Å². The number of nitrogens with one attached hydrogen (secondary N) is 3. The number of aromatic nitrogens is 7. The third kappa shape index (κ3) is 4.87. The van der Waals surface area contributed by atoms with Crippen molar-refractivity contribution in [3.05, 3.63) is 58.5 Å². The fourth-order valence-corrected chi connectivity index (χ4v) is 3.33. The number of tetrazole rings is 1. The van der Waals surface area contributed by atoms with Gasteiger partial charge in [-0.05, 0) is 47.7 Å². The molecule has 160 valence electrons. The van der Waals surface area contributed by atoms with Crippen molar-refractivity contribution < 1.29 is 13.2 Å². The van der Waals surface area contributed by atoms with Gasteiger partial charge in [0.15, 0.2) is 0 Å². The lowest BCUT2D eigenvalue weighted by atomic mass is 10.0. The molecule has 3 heterocycles. The van der Waals surface area contributed by atoms with E-state index in [1.54, 1.807) is 18.3 Å². The SMILES string of the molecule is O=c1[nH]c(-c2ccc(CCCCC(F)(F)F)cc2)cc(-c2ccn[nH]2)c1-c1nn[nH]n1. The number of pyridine rings is 1. The van der Waals surface area contributed by atoms with Gasteiger partial charge in [0.1, 0.15) is 0 Å². The van der Waals surface area contributed by atoms with Gasteiger partial charge in [-0.1, -0.05) is 24.3 Å². The van der Waals surface area contributed by atoms with E-state index in [0.29, 0.717) is 29.8 Å².